The fourth-order valence-corrected chi connectivity index (χ4v) is 3.88. The molecule has 0 aromatic heterocycles. The number of hydrogen-bond acceptors (Lipinski definition) is 8. The Morgan fingerprint density at radius 1 is 0.657 bits per heavy atom. The summed E-state index contributed by atoms with van der Waals surface area (Å²) in [5.74, 6) is 0.0994. The van der Waals surface area contributed by atoms with Crippen molar-refractivity contribution < 1.29 is 37.0 Å². The van der Waals surface area contributed by atoms with E-state index >= 15 is 0 Å². The third kappa shape index (κ3) is 8.29. The smallest absolute Gasteiger partial charge is 0.333 e. The number of ether oxygens (including phenoxy) is 4. The maximum atomic E-state index is 12.9. The Balaban J connectivity index is 1.88. The summed E-state index contributed by atoms with van der Waals surface area (Å²) in [7, 11) is -3.73. The van der Waals surface area contributed by atoms with Gasteiger partial charge in [-0.2, -0.15) is 0 Å². The Labute approximate surface area is 206 Å². The van der Waals surface area contributed by atoms with Crippen molar-refractivity contribution in [1.82, 2.24) is 0 Å². The van der Waals surface area contributed by atoms with Crippen molar-refractivity contribution in [3.05, 3.63) is 71.8 Å². The van der Waals surface area contributed by atoms with Gasteiger partial charge < -0.3 is 18.9 Å². The van der Waals surface area contributed by atoms with Gasteiger partial charge in [-0.15, -0.1) is 0 Å². The number of allylic oxidation sites excluding steroid dienone is 2. The summed E-state index contributed by atoms with van der Waals surface area (Å²) >= 11 is 0. The molecule has 2 aromatic carbocycles. The standard InChI is InChI=1S/C26H30O8S/c1-5-19(3)25(27)33-17-15-31-21-7-11-23(12-8-21)35(29,30)24-13-9-22(10-14-24)32-16-18-34-26(28)20(4)6-2/h5-14H,15-18H2,1-4H3. The highest BCUT2D eigenvalue weighted by Gasteiger charge is 2.18. The van der Waals surface area contributed by atoms with Crippen LogP contribution in [0.3, 0.4) is 0 Å². The molecule has 0 radical (unpaired) electrons. The SMILES string of the molecule is CC=C(C)C(=O)OCCOc1ccc(S(=O)(=O)c2ccc(OCCOC(=O)C(C)=CC)cc2)cc1. The molecular weight excluding hydrogens is 472 g/mol. The van der Waals surface area contributed by atoms with Gasteiger partial charge in [-0.3, -0.25) is 0 Å². The Kier molecular flexibility index (Phi) is 10.5. The van der Waals surface area contributed by atoms with E-state index in [4.69, 9.17) is 18.9 Å². The van der Waals surface area contributed by atoms with Crippen LogP contribution < -0.4 is 9.47 Å². The second kappa shape index (κ2) is 13.3. The van der Waals surface area contributed by atoms with Gasteiger partial charge >= 0.3 is 11.9 Å². The molecule has 9 heteroatoms. The number of benzene rings is 2. The average molecular weight is 503 g/mol. The van der Waals surface area contributed by atoms with Gasteiger partial charge in [0.05, 0.1) is 9.79 Å². The van der Waals surface area contributed by atoms with Crippen molar-refractivity contribution in [3.8, 4) is 11.5 Å². The molecule has 2 aromatic rings. The van der Waals surface area contributed by atoms with E-state index in [0.29, 0.717) is 22.6 Å². The van der Waals surface area contributed by atoms with E-state index in [9.17, 15) is 18.0 Å². The number of rotatable bonds is 12. The van der Waals surface area contributed by atoms with Crippen LogP contribution in [0.25, 0.3) is 0 Å². The largest absolute Gasteiger partial charge is 0.490 e. The third-order valence-electron chi connectivity index (χ3n) is 4.95. The van der Waals surface area contributed by atoms with Crippen molar-refractivity contribution >= 4 is 21.8 Å². The molecule has 0 aliphatic rings. The van der Waals surface area contributed by atoms with Gasteiger partial charge in [0.25, 0.3) is 0 Å². The molecule has 0 aliphatic heterocycles. The van der Waals surface area contributed by atoms with Crippen molar-refractivity contribution in [2.24, 2.45) is 0 Å². The summed E-state index contributed by atoms with van der Waals surface area (Å²) in [6.45, 7) is 7.27. The molecule has 0 unspecified atom stereocenters. The summed E-state index contributed by atoms with van der Waals surface area (Å²) in [6.07, 6.45) is 3.32. The lowest BCUT2D eigenvalue weighted by Gasteiger charge is -2.10. The third-order valence-corrected chi connectivity index (χ3v) is 6.73. The second-order valence-corrected chi connectivity index (χ2v) is 9.31. The molecule has 0 bridgehead atoms. The van der Waals surface area contributed by atoms with Crippen LogP contribution >= 0.6 is 0 Å². The summed E-state index contributed by atoms with van der Waals surface area (Å²) in [5.41, 5.74) is 1.03. The summed E-state index contributed by atoms with van der Waals surface area (Å²) in [6, 6.07) is 12.0. The minimum absolute atomic E-state index is 0.0797. The quantitative estimate of drug-likeness (QED) is 0.240. The zero-order valence-corrected chi connectivity index (χ0v) is 21.1. The van der Waals surface area contributed by atoms with Crippen LogP contribution in [0.4, 0.5) is 0 Å². The van der Waals surface area contributed by atoms with Crippen molar-refractivity contribution in [2.45, 2.75) is 37.5 Å². The molecule has 8 nitrogen and oxygen atoms in total. The van der Waals surface area contributed by atoms with Gasteiger partial charge in [0.2, 0.25) is 9.84 Å². The molecule has 188 valence electrons. The lowest BCUT2D eigenvalue weighted by atomic mass is 10.3. The van der Waals surface area contributed by atoms with Crippen LogP contribution in [0.5, 0.6) is 11.5 Å². The molecular formula is C26H30O8S. The molecule has 0 spiro atoms. The van der Waals surface area contributed by atoms with Crippen LogP contribution in [0.2, 0.25) is 0 Å². The first kappa shape index (κ1) is 27.7. The molecule has 0 atom stereocenters. The number of hydrogen-bond donors (Lipinski definition) is 0. The molecule has 2 rings (SSSR count). The molecule has 0 saturated heterocycles. The minimum atomic E-state index is -3.73. The number of sulfone groups is 1. The Bertz CT molecular complexity index is 1070. The number of carbonyl (C=O) groups is 2. The lowest BCUT2D eigenvalue weighted by molar-refractivity contribution is -0.140. The highest BCUT2D eigenvalue weighted by atomic mass is 32.2. The van der Waals surface area contributed by atoms with Gasteiger partial charge in [-0.1, -0.05) is 12.2 Å². The maximum Gasteiger partial charge on any atom is 0.333 e. The summed E-state index contributed by atoms with van der Waals surface area (Å²) in [4.78, 5) is 23.4. The molecule has 0 saturated carbocycles. The van der Waals surface area contributed by atoms with Crippen LogP contribution in [0, 0.1) is 0 Å². The summed E-state index contributed by atoms with van der Waals surface area (Å²) < 4.78 is 46.9. The average Bonchev–Trinajstić information content (AvgIpc) is 2.88. The van der Waals surface area contributed by atoms with Crippen LogP contribution in [0.1, 0.15) is 27.7 Å². The second-order valence-electron chi connectivity index (χ2n) is 7.36. The number of esters is 2. The van der Waals surface area contributed by atoms with Gasteiger partial charge in [0.1, 0.15) is 37.9 Å². The molecule has 0 amide bonds. The molecule has 0 heterocycles. The lowest BCUT2D eigenvalue weighted by Crippen LogP contribution is -2.13. The maximum absolute atomic E-state index is 12.9. The van der Waals surface area contributed by atoms with Gasteiger partial charge in [0, 0.05) is 11.1 Å². The van der Waals surface area contributed by atoms with Gasteiger partial charge in [-0.25, -0.2) is 18.0 Å². The van der Waals surface area contributed by atoms with Crippen LogP contribution in [-0.4, -0.2) is 46.8 Å². The van der Waals surface area contributed by atoms with Crippen LogP contribution in [-0.2, 0) is 28.9 Å². The molecule has 0 fully saturated rings. The van der Waals surface area contributed by atoms with E-state index in [-0.39, 0.29) is 36.2 Å². The minimum Gasteiger partial charge on any atom is -0.490 e. The Hall–Kier alpha value is -3.59. The fraction of sp³-hybridized carbons (Fsp3) is 0.308. The molecule has 0 aliphatic carbocycles. The van der Waals surface area contributed by atoms with E-state index in [1.807, 2.05) is 0 Å². The van der Waals surface area contributed by atoms with Gasteiger partial charge in [-0.05, 0) is 76.2 Å². The molecule has 35 heavy (non-hydrogen) atoms. The van der Waals surface area contributed by atoms with E-state index < -0.39 is 21.8 Å². The van der Waals surface area contributed by atoms with Crippen LogP contribution in [0.15, 0.2) is 81.6 Å². The highest BCUT2D eigenvalue weighted by Crippen LogP contribution is 2.25. The first-order valence-electron chi connectivity index (χ1n) is 11.0. The normalized spacial score (nSPS) is 12.1. The van der Waals surface area contributed by atoms with Crippen molar-refractivity contribution in [2.75, 3.05) is 26.4 Å². The predicted octanol–water partition coefficient (Wildman–Crippen LogP) is 4.30. The monoisotopic (exact) mass is 502 g/mol. The van der Waals surface area contributed by atoms with E-state index in [2.05, 4.69) is 0 Å². The zero-order chi connectivity index (χ0) is 25.8. The number of carbonyl (C=O) groups excluding carboxylic acids is 2. The highest BCUT2D eigenvalue weighted by molar-refractivity contribution is 7.91. The van der Waals surface area contributed by atoms with Gasteiger partial charge in [0.15, 0.2) is 0 Å². The first-order valence-corrected chi connectivity index (χ1v) is 12.5. The predicted molar refractivity (Wildman–Crippen MR) is 130 cm³/mol. The zero-order valence-electron chi connectivity index (χ0n) is 20.3. The molecule has 0 N–H and O–H groups in total. The van der Waals surface area contributed by atoms with E-state index in [1.54, 1.807) is 64.1 Å². The van der Waals surface area contributed by atoms with E-state index in [0.717, 1.165) is 0 Å². The van der Waals surface area contributed by atoms with E-state index in [1.165, 1.54) is 24.3 Å². The Morgan fingerprint density at radius 2 is 1.00 bits per heavy atom. The van der Waals surface area contributed by atoms with Crippen molar-refractivity contribution in [3.63, 3.8) is 0 Å². The first-order chi connectivity index (χ1) is 16.7. The Morgan fingerprint density at radius 3 is 1.31 bits per heavy atom. The van der Waals surface area contributed by atoms with Crippen molar-refractivity contribution in [1.29, 1.82) is 0 Å². The fourth-order valence-electron chi connectivity index (χ4n) is 2.62. The summed E-state index contributed by atoms with van der Waals surface area (Å²) in [5, 5.41) is 0. The topological polar surface area (TPSA) is 105 Å².